The molecule has 0 aliphatic rings. The van der Waals surface area contributed by atoms with Crippen LogP contribution in [0.1, 0.15) is 42.6 Å². The van der Waals surface area contributed by atoms with Crippen molar-refractivity contribution in [2.24, 2.45) is 0 Å². The minimum atomic E-state index is -0.830. The van der Waals surface area contributed by atoms with Crippen LogP contribution in [0.15, 0.2) is 12.1 Å². The molecule has 0 spiro atoms. The van der Waals surface area contributed by atoms with Gasteiger partial charge in [0.25, 0.3) is 5.91 Å². The first kappa shape index (κ1) is 16.9. The average Bonchev–Trinajstić information content (AvgIpc) is 2.43. The molecule has 1 rings (SSSR count). The number of hydrogen-bond donors (Lipinski definition) is 0. The van der Waals surface area contributed by atoms with Gasteiger partial charge >= 0.3 is 0 Å². The summed E-state index contributed by atoms with van der Waals surface area (Å²) in [5.41, 5.74) is -0.230. The van der Waals surface area contributed by atoms with Gasteiger partial charge in [0.15, 0.2) is 0 Å². The maximum absolute atomic E-state index is 14.1. The lowest BCUT2D eigenvalue weighted by atomic mass is 10.1. The van der Waals surface area contributed by atoms with E-state index in [4.69, 9.17) is 11.6 Å². The van der Waals surface area contributed by atoms with Crippen LogP contribution < -0.4 is 0 Å². The second-order valence-electron chi connectivity index (χ2n) is 4.71. The smallest absolute Gasteiger partial charge is 0.260 e. The van der Waals surface area contributed by atoms with Gasteiger partial charge in [0.1, 0.15) is 17.2 Å². The van der Waals surface area contributed by atoms with Gasteiger partial charge in [0.05, 0.1) is 0 Å². The molecule has 0 heterocycles. The maximum atomic E-state index is 14.1. The third-order valence-corrected chi connectivity index (χ3v) is 3.64. The molecule has 0 N–H and O–H groups in total. The molecule has 0 fully saturated rings. The molecule has 1 amide bonds. The fourth-order valence-electron chi connectivity index (χ4n) is 2.27. The fraction of sp³-hybridized carbons (Fsp3) is 0.533. The summed E-state index contributed by atoms with van der Waals surface area (Å²) in [5.74, 6) is -2.01. The van der Waals surface area contributed by atoms with E-state index in [2.05, 4.69) is 0 Å². The van der Waals surface area contributed by atoms with Crippen molar-refractivity contribution < 1.29 is 13.6 Å². The molecule has 0 unspecified atom stereocenters. The van der Waals surface area contributed by atoms with Gasteiger partial charge in [-0.2, -0.15) is 0 Å². The summed E-state index contributed by atoms with van der Waals surface area (Å²) in [4.78, 5) is 13.9. The molecule has 20 heavy (non-hydrogen) atoms. The summed E-state index contributed by atoms with van der Waals surface area (Å²) >= 11 is 5.72. The standard InChI is InChI=1S/C15H20ClF2NO/c1-4-11(5-2)19(9-8-16)15(20)13-12(17)7-6-10(3)14(13)18/h6-7,11H,4-5,8-9H2,1-3H3. The van der Waals surface area contributed by atoms with E-state index in [0.29, 0.717) is 12.8 Å². The first-order valence-corrected chi connectivity index (χ1v) is 7.32. The quantitative estimate of drug-likeness (QED) is 0.723. The second kappa shape index (κ2) is 7.58. The number of carbonyl (C=O) groups excluding carboxylic acids is 1. The molecule has 112 valence electrons. The Bertz CT molecular complexity index is 475. The van der Waals surface area contributed by atoms with Crippen molar-refractivity contribution in [3.63, 3.8) is 0 Å². The van der Waals surface area contributed by atoms with Crippen molar-refractivity contribution in [1.82, 2.24) is 4.90 Å². The van der Waals surface area contributed by atoms with E-state index in [0.717, 1.165) is 6.07 Å². The van der Waals surface area contributed by atoms with E-state index >= 15 is 0 Å². The number of halogens is 3. The summed E-state index contributed by atoms with van der Waals surface area (Å²) in [7, 11) is 0. The molecule has 0 saturated heterocycles. The summed E-state index contributed by atoms with van der Waals surface area (Å²) in [5, 5.41) is 0. The van der Waals surface area contributed by atoms with E-state index in [1.54, 1.807) is 0 Å². The fourth-order valence-corrected chi connectivity index (χ4v) is 2.45. The summed E-state index contributed by atoms with van der Waals surface area (Å²) < 4.78 is 27.9. The Balaban J connectivity index is 3.22. The Morgan fingerprint density at radius 1 is 1.30 bits per heavy atom. The Kier molecular flexibility index (Phi) is 6.40. The zero-order valence-electron chi connectivity index (χ0n) is 12.0. The molecule has 0 aromatic heterocycles. The minimum absolute atomic E-state index is 0.0689. The normalized spacial score (nSPS) is 10.9. The van der Waals surface area contributed by atoms with Crippen LogP contribution in [0.4, 0.5) is 8.78 Å². The number of benzene rings is 1. The van der Waals surface area contributed by atoms with Gasteiger partial charge in [-0.05, 0) is 31.4 Å². The number of rotatable bonds is 6. The van der Waals surface area contributed by atoms with Gasteiger partial charge in [0.2, 0.25) is 0 Å². The topological polar surface area (TPSA) is 20.3 Å². The number of nitrogens with zero attached hydrogens (tertiary/aromatic N) is 1. The zero-order chi connectivity index (χ0) is 15.3. The first-order chi connectivity index (χ1) is 9.47. The number of carbonyl (C=O) groups is 1. The third kappa shape index (κ3) is 3.48. The molecule has 0 aliphatic carbocycles. The largest absolute Gasteiger partial charge is 0.334 e. The predicted molar refractivity (Wildman–Crippen MR) is 77.2 cm³/mol. The molecule has 1 aromatic carbocycles. The number of hydrogen-bond acceptors (Lipinski definition) is 1. The van der Waals surface area contributed by atoms with Gasteiger partial charge in [-0.25, -0.2) is 8.78 Å². The highest BCUT2D eigenvalue weighted by molar-refractivity contribution is 6.18. The van der Waals surface area contributed by atoms with E-state index in [9.17, 15) is 13.6 Å². The lowest BCUT2D eigenvalue weighted by Crippen LogP contribution is -2.41. The predicted octanol–water partition coefficient (Wildman–Crippen LogP) is 4.14. The molecule has 0 atom stereocenters. The van der Waals surface area contributed by atoms with Crippen molar-refractivity contribution in [2.45, 2.75) is 39.7 Å². The highest BCUT2D eigenvalue weighted by Gasteiger charge is 2.27. The minimum Gasteiger partial charge on any atom is -0.334 e. The number of alkyl halides is 1. The molecule has 0 saturated carbocycles. The Labute approximate surface area is 123 Å². The monoisotopic (exact) mass is 303 g/mol. The molecular formula is C15H20ClF2NO. The van der Waals surface area contributed by atoms with Crippen LogP contribution in [0.5, 0.6) is 0 Å². The molecule has 5 heteroatoms. The van der Waals surface area contributed by atoms with Crippen LogP contribution in [-0.4, -0.2) is 29.3 Å². The lowest BCUT2D eigenvalue weighted by molar-refractivity contribution is 0.0671. The highest BCUT2D eigenvalue weighted by atomic mass is 35.5. The third-order valence-electron chi connectivity index (χ3n) is 3.47. The van der Waals surface area contributed by atoms with Gasteiger partial charge in [-0.3, -0.25) is 4.79 Å². The Morgan fingerprint density at radius 3 is 2.40 bits per heavy atom. The summed E-state index contributed by atoms with van der Waals surface area (Å²) in [6.07, 6.45) is 1.43. The summed E-state index contributed by atoms with van der Waals surface area (Å²) in [6.45, 7) is 5.66. The molecule has 0 aliphatic heterocycles. The number of amides is 1. The lowest BCUT2D eigenvalue weighted by Gasteiger charge is -2.30. The van der Waals surface area contributed by atoms with Crippen LogP contribution in [0, 0.1) is 18.6 Å². The first-order valence-electron chi connectivity index (χ1n) is 6.79. The van der Waals surface area contributed by atoms with Crippen LogP contribution in [-0.2, 0) is 0 Å². The van der Waals surface area contributed by atoms with Crippen molar-refractivity contribution in [3.05, 3.63) is 34.9 Å². The van der Waals surface area contributed by atoms with Crippen molar-refractivity contribution in [1.29, 1.82) is 0 Å². The highest BCUT2D eigenvalue weighted by Crippen LogP contribution is 2.21. The van der Waals surface area contributed by atoms with Crippen molar-refractivity contribution >= 4 is 17.5 Å². The van der Waals surface area contributed by atoms with Crippen molar-refractivity contribution in [3.8, 4) is 0 Å². The van der Waals surface area contributed by atoms with E-state index in [1.165, 1.54) is 17.9 Å². The van der Waals surface area contributed by atoms with E-state index in [-0.39, 0.29) is 24.0 Å². The van der Waals surface area contributed by atoms with E-state index in [1.807, 2.05) is 13.8 Å². The average molecular weight is 304 g/mol. The Hall–Kier alpha value is -1.16. The summed E-state index contributed by atoms with van der Waals surface area (Å²) in [6, 6.07) is 2.38. The van der Waals surface area contributed by atoms with Crippen LogP contribution in [0.2, 0.25) is 0 Å². The molecule has 0 radical (unpaired) electrons. The van der Waals surface area contributed by atoms with Crippen LogP contribution in [0.3, 0.4) is 0 Å². The second-order valence-corrected chi connectivity index (χ2v) is 5.09. The SMILES string of the molecule is CCC(CC)N(CCCl)C(=O)c1c(F)ccc(C)c1F. The molecule has 2 nitrogen and oxygen atoms in total. The zero-order valence-corrected chi connectivity index (χ0v) is 12.8. The maximum Gasteiger partial charge on any atom is 0.260 e. The number of aryl methyl sites for hydroxylation is 1. The van der Waals surface area contributed by atoms with Gasteiger partial charge in [-0.15, -0.1) is 11.6 Å². The molecule has 0 bridgehead atoms. The van der Waals surface area contributed by atoms with E-state index < -0.39 is 23.1 Å². The van der Waals surface area contributed by atoms with Gasteiger partial charge in [-0.1, -0.05) is 19.9 Å². The van der Waals surface area contributed by atoms with Crippen LogP contribution >= 0.6 is 11.6 Å². The Morgan fingerprint density at radius 2 is 1.90 bits per heavy atom. The van der Waals surface area contributed by atoms with Gasteiger partial charge in [0, 0.05) is 18.5 Å². The molecule has 1 aromatic rings. The van der Waals surface area contributed by atoms with Crippen molar-refractivity contribution in [2.75, 3.05) is 12.4 Å². The molecular weight excluding hydrogens is 284 g/mol. The van der Waals surface area contributed by atoms with Crippen LogP contribution in [0.25, 0.3) is 0 Å². The van der Waals surface area contributed by atoms with Gasteiger partial charge < -0.3 is 4.90 Å².